The quantitative estimate of drug-likeness (QED) is 0.897. The molecule has 0 spiro atoms. The number of hydrogen-bond acceptors (Lipinski definition) is 4. The number of fused-ring (bicyclic) bond motifs is 1. The van der Waals surface area contributed by atoms with E-state index in [-0.39, 0.29) is 30.2 Å². The second-order valence-electron chi connectivity index (χ2n) is 5.80. The van der Waals surface area contributed by atoms with Crippen molar-refractivity contribution in [3.63, 3.8) is 0 Å². The fourth-order valence-corrected chi connectivity index (χ4v) is 2.73. The molecule has 3 heterocycles. The molecule has 1 N–H and O–H groups in total. The number of nitrogens with zero attached hydrogens (tertiary/aromatic N) is 4. The van der Waals surface area contributed by atoms with Crippen molar-refractivity contribution in [2.45, 2.75) is 32.9 Å². The Morgan fingerprint density at radius 1 is 1.41 bits per heavy atom. The average molecular weight is 301 g/mol. The molecular weight excluding hydrogens is 282 g/mol. The van der Waals surface area contributed by atoms with Crippen molar-refractivity contribution in [2.75, 3.05) is 6.54 Å². The van der Waals surface area contributed by atoms with Gasteiger partial charge in [0.2, 0.25) is 11.8 Å². The molecule has 3 rings (SSSR count). The summed E-state index contributed by atoms with van der Waals surface area (Å²) in [5.74, 6) is 0.329. The van der Waals surface area contributed by atoms with E-state index in [0.717, 1.165) is 5.65 Å². The number of amides is 2. The van der Waals surface area contributed by atoms with Crippen LogP contribution in [0.5, 0.6) is 0 Å². The first-order valence-electron chi connectivity index (χ1n) is 7.42. The van der Waals surface area contributed by atoms with Crippen molar-refractivity contribution in [3.05, 3.63) is 30.2 Å². The fraction of sp³-hybridized carbons (Fsp3) is 0.467. The summed E-state index contributed by atoms with van der Waals surface area (Å²) in [6, 6.07) is 5.76. The number of likely N-dealkylation sites (tertiary alicyclic amines) is 1. The van der Waals surface area contributed by atoms with Gasteiger partial charge in [0, 0.05) is 25.2 Å². The molecule has 1 fully saturated rings. The smallest absolute Gasteiger partial charge is 0.225 e. The summed E-state index contributed by atoms with van der Waals surface area (Å²) < 4.78 is 1.83. The van der Waals surface area contributed by atoms with Crippen LogP contribution in [0, 0.1) is 5.92 Å². The minimum Gasteiger partial charge on any atom is -0.348 e. The molecule has 0 aromatic carbocycles. The first-order chi connectivity index (χ1) is 10.6. The maximum Gasteiger partial charge on any atom is 0.225 e. The van der Waals surface area contributed by atoms with Crippen LogP contribution in [-0.2, 0) is 16.1 Å². The Kier molecular flexibility index (Phi) is 3.79. The normalized spacial score (nSPS) is 18.4. The van der Waals surface area contributed by atoms with Crippen molar-refractivity contribution in [1.82, 2.24) is 24.8 Å². The van der Waals surface area contributed by atoms with Crippen LogP contribution in [-0.4, -0.2) is 43.9 Å². The molecule has 7 heteroatoms. The number of nitrogens with one attached hydrogen (secondary N) is 1. The van der Waals surface area contributed by atoms with E-state index < -0.39 is 0 Å². The van der Waals surface area contributed by atoms with Crippen LogP contribution in [0.25, 0.3) is 5.65 Å². The number of carbonyl (C=O) groups is 2. The SMILES string of the molecule is CC(C)N1C[C@H](C(=O)NCc2nnc3ccccn23)CC1=O. The zero-order chi connectivity index (χ0) is 15.7. The van der Waals surface area contributed by atoms with Gasteiger partial charge in [-0.15, -0.1) is 10.2 Å². The van der Waals surface area contributed by atoms with Gasteiger partial charge in [0.05, 0.1) is 12.5 Å². The highest BCUT2D eigenvalue weighted by Crippen LogP contribution is 2.20. The number of hydrogen-bond donors (Lipinski definition) is 1. The molecule has 0 aliphatic carbocycles. The molecule has 116 valence electrons. The molecule has 0 unspecified atom stereocenters. The predicted octanol–water partition coefficient (Wildman–Crippen LogP) is 0.602. The van der Waals surface area contributed by atoms with Gasteiger partial charge in [0.15, 0.2) is 11.5 Å². The molecule has 22 heavy (non-hydrogen) atoms. The molecule has 1 saturated heterocycles. The number of carbonyl (C=O) groups excluding carboxylic acids is 2. The summed E-state index contributed by atoms with van der Waals surface area (Å²) >= 11 is 0. The van der Waals surface area contributed by atoms with E-state index in [9.17, 15) is 9.59 Å². The summed E-state index contributed by atoms with van der Waals surface area (Å²) in [5.41, 5.74) is 0.744. The molecule has 0 radical (unpaired) electrons. The Morgan fingerprint density at radius 2 is 2.23 bits per heavy atom. The van der Waals surface area contributed by atoms with E-state index in [4.69, 9.17) is 0 Å². The van der Waals surface area contributed by atoms with Gasteiger partial charge >= 0.3 is 0 Å². The third kappa shape index (κ3) is 2.66. The van der Waals surface area contributed by atoms with E-state index in [2.05, 4.69) is 15.5 Å². The molecule has 1 aliphatic rings. The highest BCUT2D eigenvalue weighted by atomic mass is 16.2. The van der Waals surface area contributed by atoms with E-state index in [1.165, 1.54) is 0 Å². The van der Waals surface area contributed by atoms with Crippen LogP contribution >= 0.6 is 0 Å². The van der Waals surface area contributed by atoms with Gasteiger partial charge in [-0.25, -0.2) is 0 Å². The van der Waals surface area contributed by atoms with Gasteiger partial charge in [-0.05, 0) is 26.0 Å². The monoisotopic (exact) mass is 301 g/mol. The van der Waals surface area contributed by atoms with Crippen molar-refractivity contribution in [2.24, 2.45) is 5.92 Å². The van der Waals surface area contributed by atoms with E-state index >= 15 is 0 Å². The van der Waals surface area contributed by atoms with Crippen LogP contribution in [0.4, 0.5) is 0 Å². The minimum atomic E-state index is -0.283. The summed E-state index contributed by atoms with van der Waals surface area (Å²) in [4.78, 5) is 25.8. The van der Waals surface area contributed by atoms with Gasteiger partial charge in [0.25, 0.3) is 0 Å². The third-order valence-corrected chi connectivity index (χ3v) is 3.96. The van der Waals surface area contributed by atoms with Crippen molar-refractivity contribution < 1.29 is 9.59 Å². The van der Waals surface area contributed by atoms with Crippen molar-refractivity contribution in [1.29, 1.82) is 0 Å². The third-order valence-electron chi connectivity index (χ3n) is 3.96. The summed E-state index contributed by atoms with van der Waals surface area (Å²) in [7, 11) is 0. The first kappa shape index (κ1) is 14.5. The maximum atomic E-state index is 12.2. The zero-order valence-electron chi connectivity index (χ0n) is 12.7. The van der Waals surface area contributed by atoms with E-state index in [0.29, 0.717) is 18.9 Å². The highest BCUT2D eigenvalue weighted by Gasteiger charge is 2.35. The number of pyridine rings is 1. The van der Waals surface area contributed by atoms with Gasteiger partial charge in [-0.1, -0.05) is 6.07 Å². The van der Waals surface area contributed by atoms with Crippen LogP contribution in [0.1, 0.15) is 26.1 Å². The molecule has 7 nitrogen and oxygen atoms in total. The lowest BCUT2D eigenvalue weighted by atomic mass is 10.1. The largest absolute Gasteiger partial charge is 0.348 e. The molecule has 0 saturated carbocycles. The van der Waals surface area contributed by atoms with Gasteiger partial charge in [-0.2, -0.15) is 0 Å². The van der Waals surface area contributed by atoms with E-state index in [1.807, 2.05) is 42.6 Å². The summed E-state index contributed by atoms with van der Waals surface area (Å²) in [6.07, 6.45) is 2.14. The second-order valence-corrected chi connectivity index (χ2v) is 5.80. The molecule has 0 bridgehead atoms. The van der Waals surface area contributed by atoms with E-state index in [1.54, 1.807) is 4.90 Å². The van der Waals surface area contributed by atoms with Gasteiger partial charge in [0.1, 0.15) is 0 Å². The minimum absolute atomic E-state index is 0.0445. The molecule has 2 aromatic heterocycles. The van der Waals surface area contributed by atoms with Crippen molar-refractivity contribution >= 4 is 17.5 Å². The molecular formula is C15H19N5O2. The van der Waals surface area contributed by atoms with Gasteiger partial charge < -0.3 is 10.2 Å². The van der Waals surface area contributed by atoms with Crippen LogP contribution in [0.3, 0.4) is 0 Å². The Hall–Kier alpha value is -2.44. The average Bonchev–Trinajstić information content (AvgIpc) is 3.08. The highest BCUT2D eigenvalue weighted by molar-refractivity contribution is 5.89. The topological polar surface area (TPSA) is 79.6 Å². The van der Waals surface area contributed by atoms with Gasteiger partial charge in [-0.3, -0.25) is 14.0 Å². The second kappa shape index (κ2) is 5.75. The molecule has 2 amide bonds. The lowest BCUT2D eigenvalue weighted by Gasteiger charge is -2.20. The maximum absolute atomic E-state index is 12.2. The van der Waals surface area contributed by atoms with Crippen LogP contribution in [0.15, 0.2) is 24.4 Å². The summed E-state index contributed by atoms with van der Waals surface area (Å²) in [6.45, 7) is 4.71. The lowest BCUT2D eigenvalue weighted by Crippen LogP contribution is -2.35. The first-order valence-corrected chi connectivity index (χ1v) is 7.42. The van der Waals surface area contributed by atoms with Crippen molar-refractivity contribution in [3.8, 4) is 0 Å². The number of aromatic nitrogens is 3. The molecule has 1 atom stereocenters. The standard InChI is InChI=1S/C15H19N5O2/c1-10(2)20-9-11(7-14(20)21)15(22)16-8-13-18-17-12-5-3-4-6-19(12)13/h3-6,10-11H,7-9H2,1-2H3,(H,16,22)/t11-/m1/s1. The molecule has 1 aliphatic heterocycles. The van der Waals surface area contributed by atoms with Crippen LogP contribution < -0.4 is 5.32 Å². The Morgan fingerprint density at radius 3 is 2.95 bits per heavy atom. The summed E-state index contributed by atoms with van der Waals surface area (Å²) in [5, 5.41) is 11.0. The predicted molar refractivity (Wildman–Crippen MR) is 79.8 cm³/mol. The Labute approximate surface area is 128 Å². The zero-order valence-corrected chi connectivity index (χ0v) is 12.7. The molecule has 2 aromatic rings. The fourth-order valence-electron chi connectivity index (χ4n) is 2.73. The number of rotatable bonds is 4. The van der Waals surface area contributed by atoms with Crippen LogP contribution in [0.2, 0.25) is 0 Å². The Balaban J connectivity index is 1.62. The Bertz CT molecular complexity index is 709. The lowest BCUT2D eigenvalue weighted by molar-refractivity contribution is -0.130.